The average molecular weight is 469 g/mol. The van der Waals surface area contributed by atoms with E-state index in [-0.39, 0.29) is 5.41 Å². The molecule has 9 heteroatoms. The standard InChI is InChI=1S/C22H30N2O2.C2HF3O2/c25-21-13-22(8-10-23(11-9-22)14-18-7-12-26-16-18)19-3-1-2-4-20(19)24(21)15-17-5-6-17;3-2(4,5)1(6)7/h1-4,17-18H,5-16H2;(H,6,7). The Labute approximate surface area is 191 Å². The van der Waals surface area contributed by atoms with Crippen LogP contribution in [0.5, 0.6) is 0 Å². The molecule has 2 saturated heterocycles. The van der Waals surface area contributed by atoms with E-state index >= 15 is 0 Å². The summed E-state index contributed by atoms with van der Waals surface area (Å²) in [6.07, 6.45) is 1.63. The van der Waals surface area contributed by atoms with Crippen LogP contribution in [0.2, 0.25) is 0 Å². The van der Waals surface area contributed by atoms with Gasteiger partial charge < -0.3 is 19.6 Å². The number of para-hydroxylation sites is 1. The van der Waals surface area contributed by atoms with E-state index in [1.165, 1.54) is 37.1 Å². The number of likely N-dealkylation sites (tertiary alicyclic amines) is 1. The van der Waals surface area contributed by atoms with Crippen molar-refractivity contribution >= 4 is 17.6 Å². The Kier molecular flexibility index (Phi) is 7.00. The molecule has 3 aliphatic heterocycles. The molecule has 1 aromatic rings. The van der Waals surface area contributed by atoms with Crippen molar-refractivity contribution in [3.8, 4) is 0 Å². The number of amides is 1. The Bertz CT molecular complexity index is 858. The number of anilines is 1. The summed E-state index contributed by atoms with van der Waals surface area (Å²) in [5.74, 6) is -0.962. The highest BCUT2D eigenvalue weighted by Crippen LogP contribution is 2.48. The fraction of sp³-hybridized carbons (Fsp3) is 0.667. The van der Waals surface area contributed by atoms with Gasteiger partial charge in [0.15, 0.2) is 0 Å². The van der Waals surface area contributed by atoms with Crippen molar-refractivity contribution in [2.45, 2.75) is 50.1 Å². The summed E-state index contributed by atoms with van der Waals surface area (Å²) in [6.45, 7) is 6.18. The predicted molar refractivity (Wildman–Crippen MR) is 116 cm³/mol. The molecule has 1 amide bonds. The van der Waals surface area contributed by atoms with Crippen LogP contribution >= 0.6 is 0 Å². The molecule has 0 bridgehead atoms. The summed E-state index contributed by atoms with van der Waals surface area (Å²) in [6, 6.07) is 8.73. The summed E-state index contributed by atoms with van der Waals surface area (Å²) < 4.78 is 37.3. The third-order valence-electron chi connectivity index (χ3n) is 7.29. The van der Waals surface area contributed by atoms with Crippen LogP contribution in [-0.2, 0) is 19.7 Å². The van der Waals surface area contributed by atoms with Crippen molar-refractivity contribution < 1.29 is 32.6 Å². The number of hydrogen-bond donors (Lipinski definition) is 1. The number of piperidine rings is 1. The fourth-order valence-corrected chi connectivity index (χ4v) is 5.23. The minimum Gasteiger partial charge on any atom is -0.475 e. The predicted octanol–water partition coefficient (Wildman–Crippen LogP) is 3.84. The molecule has 1 atom stereocenters. The molecule has 4 aliphatic rings. The van der Waals surface area contributed by atoms with E-state index in [0.29, 0.717) is 18.2 Å². The summed E-state index contributed by atoms with van der Waals surface area (Å²) in [5.41, 5.74) is 2.70. The van der Waals surface area contributed by atoms with Gasteiger partial charge in [-0.05, 0) is 68.7 Å². The Morgan fingerprint density at radius 3 is 2.33 bits per heavy atom. The maximum Gasteiger partial charge on any atom is 0.490 e. The van der Waals surface area contributed by atoms with Crippen LogP contribution in [0, 0.1) is 11.8 Å². The van der Waals surface area contributed by atoms with Crippen LogP contribution in [0.4, 0.5) is 18.9 Å². The van der Waals surface area contributed by atoms with Gasteiger partial charge >= 0.3 is 12.1 Å². The molecule has 182 valence electrons. The van der Waals surface area contributed by atoms with Crippen LogP contribution < -0.4 is 4.90 Å². The molecular formula is C24H31F3N2O4. The van der Waals surface area contributed by atoms with Crippen molar-refractivity contribution in [1.82, 2.24) is 4.90 Å². The molecule has 6 nitrogen and oxygen atoms in total. The lowest BCUT2D eigenvalue weighted by Gasteiger charge is -2.47. The monoisotopic (exact) mass is 468 g/mol. The van der Waals surface area contributed by atoms with E-state index in [2.05, 4.69) is 34.1 Å². The topological polar surface area (TPSA) is 70.1 Å². The molecule has 1 N–H and O–H groups in total. The highest BCUT2D eigenvalue weighted by molar-refractivity contribution is 5.98. The first-order chi connectivity index (χ1) is 15.7. The summed E-state index contributed by atoms with van der Waals surface area (Å²) >= 11 is 0. The number of nitrogens with zero attached hydrogens (tertiary/aromatic N) is 2. The number of fused-ring (bicyclic) bond motifs is 2. The molecule has 33 heavy (non-hydrogen) atoms. The van der Waals surface area contributed by atoms with Crippen molar-refractivity contribution in [3.63, 3.8) is 0 Å². The molecular weight excluding hydrogens is 437 g/mol. The lowest BCUT2D eigenvalue weighted by Crippen LogP contribution is -2.51. The largest absolute Gasteiger partial charge is 0.490 e. The van der Waals surface area contributed by atoms with Gasteiger partial charge in [0.25, 0.3) is 0 Å². The van der Waals surface area contributed by atoms with Crippen molar-refractivity contribution in [3.05, 3.63) is 29.8 Å². The molecule has 3 heterocycles. The van der Waals surface area contributed by atoms with Crippen molar-refractivity contribution in [1.29, 1.82) is 0 Å². The third-order valence-corrected chi connectivity index (χ3v) is 7.29. The molecule has 1 unspecified atom stereocenters. The second kappa shape index (κ2) is 9.62. The molecule has 5 rings (SSSR count). The number of aliphatic carboxylic acids is 1. The number of hydrogen-bond acceptors (Lipinski definition) is 4. The van der Waals surface area contributed by atoms with Gasteiger partial charge in [-0.25, -0.2) is 4.79 Å². The van der Waals surface area contributed by atoms with E-state index < -0.39 is 12.1 Å². The highest BCUT2D eigenvalue weighted by Gasteiger charge is 2.45. The van der Waals surface area contributed by atoms with E-state index in [1.807, 2.05) is 0 Å². The van der Waals surface area contributed by atoms with E-state index in [4.69, 9.17) is 14.6 Å². The summed E-state index contributed by atoms with van der Waals surface area (Å²) in [7, 11) is 0. The Morgan fingerprint density at radius 2 is 1.76 bits per heavy atom. The number of rotatable bonds is 4. The van der Waals surface area contributed by atoms with Crippen LogP contribution in [0.1, 0.15) is 44.1 Å². The number of ether oxygens (including phenoxy) is 1. The number of carbonyl (C=O) groups is 2. The van der Waals surface area contributed by atoms with Gasteiger partial charge in [0.05, 0.1) is 6.61 Å². The molecule has 3 fully saturated rings. The molecule has 1 spiro atoms. The third kappa shape index (κ3) is 5.69. The fourth-order valence-electron chi connectivity index (χ4n) is 5.23. The Balaban J connectivity index is 0.000000325. The van der Waals surface area contributed by atoms with Gasteiger partial charge in [-0.1, -0.05) is 18.2 Å². The molecule has 1 aliphatic carbocycles. The first-order valence-electron chi connectivity index (χ1n) is 11.7. The van der Waals surface area contributed by atoms with Crippen LogP contribution in [0.15, 0.2) is 24.3 Å². The zero-order valence-electron chi connectivity index (χ0n) is 18.6. The quantitative estimate of drug-likeness (QED) is 0.727. The minimum absolute atomic E-state index is 0.0659. The second-order valence-electron chi connectivity index (χ2n) is 9.76. The van der Waals surface area contributed by atoms with Crippen LogP contribution in [-0.4, -0.2) is 67.5 Å². The highest BCUT2D eigenvalue weighted by atomic mass is 19.4. The number of benzene rings is 1. The summed E-state index contributed by atoms with van der Waals surface area (Å²) in [4.78, 5) is 26.6. The minimum atomic E-state index is -5.08. The molecule has 1 aromatic carbocycles. The van der Waals surface area contributed by atoms with Crippen molar-refractivity contribution in [2.24, 2.45) is 11.8 Å². The van der Waals surface area contributed by atoms with E-state index in [0.717, 1.165) is 51.6 Å². The lowest BCUT2D eigenvalue weighted by molar-refractivity contribution is -0.192. The molecule has 0 aromatic heterocycles. The number of carboxylic acids is 1. The van der Waals surface area contributed by atoms with Gasteiger partial charge in [0, 0.05) is 37.2 Å². The first kappa shape index (κ1) is 24.0. The smallest absolute Gasteiger partial charge is 0.475 e. The Morgan fingerprint density at radius 1 is 1.09 bits per heavy atom. The van der Waals surface area contributed by atoms with Crippen LogP contribution in [0.25, 0.3) is 0 Å². The number of carbonyl (C=O) groups excluding carboxylic acids is 1. The lowest BCUT2D eigenvalue weighted by atomic mass is 9.67. The number of carboxylic acid groups (broad SMARTS) is 1. The zero-order valence-corrected chi connectivity index (χ0v) is 18.6. The summed E-state index contributed by atoms with van der Waals surface area (Å²) in [5, 5.41) is 7.12. The van der Waals surface area contributed by atoms with Crippen molar-refractivity contribution in [2.75, 3.05) is 44.3 Å². The second-order valence-corrected chi connectivity index (χ2v) is 9.76. The van der Waals surface area contributed by atoms with Gasteiger partial charge in [-0.3, -0.25) is 4.79 Å². The van der Waals surface area contributed by atoms with Gasteiger partial charge in [-0.15, -0.1) is 0 Å². The average Bonchev–Trinajstić information content (AvgIpc) is 3.45. The number of alkyl halides is 3. The molecule has 1 saturated carbocycles. The first-order valence-corrected chi connectivity index (χ1v) is 11.7. The maximum absolute atomic E-state index is 13.0. The van der Waals surface area contributed by atoms with E-state index in [9.17, 15) is 18.0 Å². The Hall–Kier alpha value is -2.13. The SMILES string of the molecule is O=C(O)C(F)(F)F.O=C1CC2(CCN(CC3CCOC3)CC2)c2ccccc2N1CC1CC1. The normalized spacial score (nSPS) is 24.9. The van der Waals surface area contributed by atoms with Gasteiger partial charge in [0.2, 0.25) is 5.91 Å². The molecule has 0 radical (unpaired) electrons. The van der Waals surface area contributed by atoms with E-state index in [1.54, 1.807) is 0 Å². The maximum atomic E-state index is 13.0. The van der Waals surface area contributed by atoms with Crippen LogP contribution in [0.3, 0.4) is 0 Å². The van der Waals surface area contributed by atoms with Gasteiger partial charge in [-0.2, -0.15) is 13.2 Å². The zero-order chi connectivity index (χ0) is 23.6. The number of halogens is 3. The van der Waals surface area contributed by atoms with Gasteiger partial charge in [0.1, 0.15) is 0 Å².